The van der Waals surface area contributed by atoms with Crippen LogP contribution in [0.5, 0.6) is 0 Å². The first-order chi connectivity index (χ1) is 11.6. The van der Waals surface area contributed by atoms with Gasteiger partial charge in [0.2, 0.25) is 11.7 Å². The molecule has 1 aromatic heterocycles. The summed E-state index contributed by atoms with van der Waals surface area (Å²) in [5, 5.41) is 21.7. The number of likely N-dealkylation sites (tertiary alicyclic amines) is 1. The molecule has 1 saturated heterocycles. The first-order valence-corrected chi connectivity index (χ1v) is 7.88. The standard InChI is InChI=1S/C16H21N5O3/c1-11-3-5-12(6-4-11)16-17-19-21(18-16)9-15(23)20-8-14(24-2)7-13(20)10-22/h3-6,13-14,22H,7-10H2,1-2H3/t13-,14-/m0/s1. The summed E-state index contributed by atoms with van der Waals surface area (Å²) in [5.74, 6) is 0.333. The van der Waals surface area contributed by atoms with Crippen LogP contribution in [-0.2, 0) is 16.1 Å². The van der Waals surface area contributed by atoms with Crippen LogP contribution in [0, 0.1) is 6.92 Å². The maximum atomic E-state index is 12.5. The molecule has 1 amide bonds. The average molecular weight is 331 g/mol. The number of aliphatic hydroxyl groups excluding tert-OH is 1. The highest BCUT2D eigenvalue weighted by Gasteiger charge is 2.35. The number of carbonyl (C=O) groups excluding carboxylic acids is 1. The predicted octanol–water partition coefficient (Wildman–Crippen LogP) is 0.257. The quantitative estimate of drug-likeness (QED) is 0.844. The lowest BCUT2D eigenvalue weighted by Crippen LogP contribution is -2.40. The molecule has 0 spiro atoms. The minimum Gasteiger partial charge on any atom is -0.394 e. The largest absolute Gasteiger partial charge is 0.394 e. The molecule has 1 aliphatic heterocycles. The fourth-order valence-corrected chi connectivity index (χ4v) is 2.86. The van der Waals surface area contributed by atoms with Crippen LogP contribution in [0.4, 0.5) is 0 Å². The fourth-order valence-electron chi connectivity index (χ4n) is 2.86. The molecule has 0 aliphatic carbocycles. The Morgan fingerprint density at radius 1 is 1.38 bits per heavy atom. The van der Waals surface area contributed by atoms with Crippen LogP contribution in [0.15, 0.2) is 24.3 Å². The predicted molar refractivity (Wildman–Crippen MR) is 86.0 cm³/mol. The molecule has 128 valence electrons. The molecule has 1 fully saturated rings. The molecule has 0 saturated carbocycles. The molecule has 0 bridgehead atoms. The van der Waals surface area contributed by atoms with Crippen LogP contribution in [0.25, 0.3) is 11.4 Å². The molecule has 8 heteroatoms. The summed E-state index contributed by atoms with van der Waals surface area (Å²) >= 11 is 0. The highest BCUT2D eigenvalue weighted by atomic mass is 16.5. The van der Waals surface area contributed by atoms with E-state index in [1.165, 1.54) is 4.80 Å². The zero-order chi connectivity index (χ0) is 17.1. The number of ether oxygens (including phenoxy) is 1. The van der Waals surface area contributed by atoms with E-state index in [0.29, 0.717) is 18.8 Å². The molecule has 1 N–H and O–H groups in total. The van der Waals surface area contributed by atoms with Gasteiger partial charge in [0.1, 0.15) is 6.54 Å². The third-order valence-electron chi connectivity index (χ3n) is 4.28. The number of aromatic nitrogens is 4. The third-order valence-corrected chi connectivity index (χ3v) is 4.28. The molecular weight excluding hydrogens is 310 g/mol. The molecule has 2 atom stereocenters. The van der Waals surface area contributed by atoms with Crippen LogP contribution in [0.3, 0.4) is 0 Å². The molecular formula is C16H21N5O3. The van der Waals surface area contributed by atoms with Crippen LogP contribution in [0.1, 0.15) is 12.0 Å². The summed E-state index contributed by atoms with van der Waals surface area (Å²) in [4.78, 5) is 15.4. The maximum Gasteiger partial charge on any atom is 0.246 e. The van der Waals surface area contributed by atoms with Crippen molar-refractivity contribution >= 4 is 5.91 Å². The summed E-state index contributed by atoms with van der Waals surface area (Å²) in [6.07, 6.45) is 0.593. The number of aliphatic hydroxyl groups is 1. The molecule has 2 aromatic rings. The summed E-state index contributed by atoms with van der Waals surface area (Å²) < 4.78 is 5.29. The molecule has 2 heterocycles. The molecule has 0 radical (unpaired) electrons. The van der Waals surface area contributed by atoms with E-state index in [1.807, 2.05) is 31.2 Å². The average Bonchev–Trinajstić information content (AvgIpc) is 3.22. The van der Waals surface area contributed by atoms with Crippen LogP contribution >= 0.6 is 0 Å². The minimum atomic E-state index is -0.220. The summed E-state index contributed by atoms with van der Waals surface area (Å²) in [7, 11) is 1.61. The van der Waals surface area contributed by atoms with Crippen molar-refractivity contribution in [2.45, 2.75) is 32.0 Å². The number of aryl methyl sites for hydroxylation is 1. The number of nitrogens with zero attached hydrogens (tertiary/aromatic N) is 5. The van der Waals surface area contributed by atoms with Crippen molar-refractivity contribution < 1.29 is 14.6 Å². The SMILES string of the molecule is CO[C@H]1C[C@@H](CO)N(C(=O)Cn2nnc(-c3ccc(C)cc3)n2)C1. The summed E-state index contributed by atoms with van der Waals surface area (Å²) in [5.41, 5.74) is 2.01. The van der Waals surface area contributed by atoms with Gasteiger partial charge in [-0.3, -0.25) is 4.79 Å². The summed E-state index contributed by atoms with van der Waals surface area (Å²) in [6, 6.07) is 7.57. The van der Waals surface area contributed by atoms with E-state index >= 15 is 0 Å². The normalized spacial score (nSPS) is 20.5. The van der Waals surface area contributed by atoms with Gasteiger partial charge in [0.05, 0.1) is 18.8 Å². The fraction of sp³-hybridized carbons (Fsp3) is 0.500. The molecule has 3 rings (SSSR count). The Bertz CT molecular complexity index is 700. The van der Waals surface area contributed by atoms with Crippen LogP contribution < -0.4 is 0 Å². The Kier molecular flexibility index (Phi) is 4.86. The van der Waals surface area contributed by atoms with Gasteiger partial charge in [0, 0.05) is 19.2 Å². The van der Waals surface area contributed by atoms with E-state index in [2.05, 4.69) is 15.4 Å². The van der Waals surface area contributed by atoms with Crippen molar-refractivity contribution in [1.82, 2.24) is 25.1 Å². The van der Waals surface area contributed by atoms with E-state index in [1.54, 1.807) is 12.0 Å². The van der Waals surface area contributed by atoms with Crippen LogP contribution in [-0.4, -0.2) is 68.5 Å². The third kappa shape index (κ3) is 3.44. The lowest BCUT2D eigenvalue weighted by atomic mass is 10.1. The van der Waals surface area contributed by atoms with E-state index in [9.17, 15) is 9.90 Å². The van der Waals surface area contributed by atoms with Crippen molar-refractivity contribution in [3.63, 3.8) is 0 Å². The van der Waals surface area contributed by atoms with E-state index in [-0.39, 0.29) is 31.2 Å². The Labute approximate surface area is 140 Å². The van der Waals surface area contributed by atoms with E-state index in [0.717, 1.165) is 11.1 Å². The van der Waals surface area contributed by atoms with E-state index in [4.69, 9.17) is 4.74 Å². The van der Waals surface area contributed by atoms with Crippen molar-refractivity contribution in [3.8, 4) is 11.4 Å². The Morgan fingerprint density at radius 2 is 2.12 bits per heavy atom. The zero-order valence-electron chi connectivity index (χ0n) is 13.8. The van der Waals surface area contributed by atoms with Gasteiger partial charge in [0.15, 0.2) is 0 Å². The highest BCUT2D eigenvalue weighted by Crippen LogP contribution is 2.20. The maximum absolute atomic E-state index is 12.5. The van der Waals surface area contributed by atoms with Crippen molar-refractivity contribution in [2.75, 3.05) is 20.3 Å². The second-order valence-electron chi connectivity index (χ2n) is 5.99. The topological polar surface area (TPSA) is 93.4 Å². The van der Waals surface area contributed by atoms with Gasteiger partial charge in [-0.1, -0.05) is 29.8 Å². The molecule has 1 aromatic carbocycles. The first-order valence-electron chi connectivity index (χ1n) is 7.88. The number of amides is 1. The van der Waals surface area contributed by atoms with Crippen molar-refractivity contribution in [1.29, 1.82) is 0 Å². The second-order valence-corrected chi connectivity index (χ2v) is 5.99. The van der Waals surface area contributed by atoms with Gasteiger partial charge >= 0.3 is 0 Å². The smallest absolute Gasteiger partial charge is 0.246 e. The monoisotopic (exact) mass is 331 g/mol. The Balaban J connectivity index is 1.68. The van der Waals surface area contributed by atoms with Crippen LogP contribution in [0.2, 0.25) is 0 Å². The highest BCUT2D eigenvalue weighted by molar-refractivity contribution is 5.76. The Hall–Kier alpha value is -2.32. The number of hydrogen-bond acceptors (Lipinski definition) is 6. The number of rotatable bonds is 5. The van der Waals surface area contributed by atoms with Gasteiger partial charge in [-0.05, 0) is 18.6 Å². The zero-order valence-corrected chi connectivity index (χ0v) is 13.8. The lowest BCUT2D eigenvalue weighted by Gasteiger charge is -2.22. The van der Waals surface area contributed by atoms with Crippen molar-refractivity contribution in [2.24, 2.45) is 0 Å². The number of methoxy groups -OCH3 is 1. The number of hydrogen-bond donors (Lipinski definition) is 1. The van der Waals surface area contributed by atoms with Gasteiger partial charge in [-0.2, -0.15) is 4.80 Å². The molecule has 1 aliphatic rings. The van der Waals surface area contributed by atoms with Gasteiger partial charge in [0.25, 0.3) is 0 Å². The second kappa shape index (κ2) is 7.06. The molecule has 24 heavy (non-hydrogen) atoms. The molecule has 0 unspecified atom stereocenters. The molecule has 8 nitrogen and oxygen atoms in total. The van der Waals surface area contributed by atoms with E-state index < -0.39 is 0 Å². The van der Waals surface area contributed by atoms with Gasteiger partial charge < -0.3 is 14.7 Å². The van der Waals surface area contributed by atoms with Gasteiger partial charge in [-0.15, -0.1) is 10.2 Å². The lowest BCUT2D eigenvalue weighted by molar-refractivity contribution is -0.134. The minimum absolute atomic E-state index is 0.00814. The Morgan fingerprint density at radius 3 is 2.79 bits per heavy atom. The van der Waals surface area contributed by atoms with Gasteiger partial charge in [-0.25, -0.2) is 0 Å². The summed E-state index contributed by atoms with van der Waals surface area (Å²) in [6.45, 7) is 2.39. The first kappa shape index (κ1) is 16.5. The number of tetrazole rings is 1. The van der Waals surface area contributed by atoms with Crippen molar-refractivity contribution in [3.05, 3.63) is 29.8 Å². The number of benzene rings is 1. The number of carbonyl (C=O) groups is 1.